The molecular weight excluding hydrogens is 378 g/mol. The molecule has 0 saturated carbocycles. The number of nitrogens with zero attached hydrogens (tertiary/aromatic N) is 3. The lowest BCUT2D eigenvalue weighted by Crippen LogP contribution is -2.49. The summed E-state index contributed by atoms with van der Waals surface area (Å²) in [6.45, 7) is 7.37. The van der Waals surface area contributed by atoms with E-state index in [0.717, 1.165) is 82.6 Å². The van der Waals surface area contributed by atoms with Gasteiger partial charge in [-0.1, -0.05) is 6.07 Å². The summed E-state index contributed by atoms with van der Waals surface area (Å²) in [5.74, 6) is 3.50. The molecule has 2 N–H and O–H groups in total. The predicted molar refractivity (Wildman–Crippen MR) is 119 cm³/mol. The van der Waals surface area contributed by atoms with Crippen LogP contribution in [0.4, 0.5) is 5.82 Å². The standard InChI is InChI=1S/C23H33N5O2/c1-18-4-5-22(25-15-18)28-11-7-20(8-12-28)27-23(26-16-19-9-14-29-17-19)24-10-6-21-3-2-13-30-21/h2-5,13,15,19-20H,6-12,14,16-17H2,1H3,(H2,24,26,27). The minimum absolute atomic E-state index is 0.418. The largest absolute Gasteiger partial charge is 0.469 e. The van der Waals surface area contributed by atoms with E-state index in [0.29, 0.717) is 12.0 Å². The zero-order chi connectivity index (χ0) is 20.6. The molecule has 7 heteroatoms. The molecule has 2 fully saturated rings. The molecule has 2 aliphatic heterocycles. The zero-order valence-corrected chi connectivity index (χ0v) is 17.8. The van der Waals surface area contributed by atoms with Crippen molar-refractivity contribution in [3.05, 3.63) is 48.0 Å². The maximum atomic E-state index is 5.50. The van der Waals surface area contributed by atoms with Crippen LogP contribution >= 0.6 is 0 Å². The molecule has 2 saturated heterocycles. The average Bonchev–Trinajstić information content (AvgIpc) is 3.47. The summed E-state index contributed by atoms with van der Waals surface area (Å²) in [6, 6.07) is 8.61. The maximum absolute atomic E-state index is 5.50. The maximum Gasteiger partial charge on any atom is 0.191 e. The summed E-state index contributed by atoms with van der Waals surface area (Å²) in [5, 5.41) is 7.15. The highest BCUT2D eigenvalue weighted by Gasteiger charge is 2.21. The van der Waals surface area contributed by atoms with Crippen molar-refractivity contribution in [2.75, 3.05) is 44.3 Å². The molecule has 4 rings (SSSR count). The Morgan fingerprint density at radius 3 is 2.83 bits per heavy atom. The molecule has 162 valence electrons. The minimum atomic E-state index is 0.418. The number of piperidine rings is 1. The van der Waals surface area contributed by atoms with Gasteiger partial charge in [0.05, 0.1) is 12.9 Å². The molecular formula is C23H33N5O2. The fraction of sp³-hybridized carbons (Fsp3) is 0.565. The SMILES string of the molecule is Cc1ccc(N2CCC(NC(=NCC3CCOC3)NCCc3ccco3)CC2)nc1. The van der Waals surface area contributed by atoms with Crippen molar-refractivity contribution < 1.29 is 9.15 Å². The van der Waals surface area contributed by atoms with Crippen molar-refractivity contribution in [2.45, 2.75) is 38.6 Å². The van der Waals surface area contributed by atoms with E-state index in [-0.39, 0.29) is 0 Å². The quantitative estimate of drug-likeness (QED) is 0.539. The lowest BCUT2D eigenvalue weighted by Gasteiger charge is -2.34. The molecule has 0 bridgehead atoms. The second-order valence-corrected chi connectivity index (χ2v) is 8.27. The van der Waals surface area contributed by atoms with Gasteiger partial charge in [-0.05, 0) is 49.9 Å². The third kappa shape index (κ3) is 5.98. The van der Waals surface area contributed by atoms with Gasteiger partial charge < -0.3 is 24.7 Å². The molecule has 4 heterocycles. The van der Waals surface area contributed by atoms with Gasteiger partial charge in [-0.25, -0.2) is 4.98 Å². The van der Waals surface area contributed by atoms with E-state index in [1.165, 1.54) is 5.56 Å². The first kappa shape index (κ1) is 20.7. The Kier molecular flexibility index (Phi) is 7.24. The van der Waals surface area contributed by atoms with Crippen LogP contribution in [0.15, 0.2) is 46.1 Å². The first-order chi connectivity index (χ1) is 14.8. The van der Waals surface area contributed by atoms with Crippen molar-refractivity contribution in [3.63, 3.8) is 0 Å². The number of anilines is 1. The van der Waals surface area contributed by atoms with Crippen molar-refractivity contribution in [2.24, 2.45) is 10.9 Å². The van der Waals surface area contributed by atoms with E-state index < -0.39 is 0 Å². The average molecular weight is 412 g/mol. The summed E-state index contributed by atoms with van der Waals surface area (Å²) in [5.41, 5.74) is 1.20. The van der Waals surface area contributed by atoms with Gasteiger partial charge in [0.25, 0.3) is 0 Å². The van der Waals surface area contributed by atoms with E-state index in [9.17, 15) is 0 Å². The summed E-state index contributed by atoms with van der Waals surface area (Å²) in [6.07, 6.45) is 7.75. The fourth-order valence-electron chi connectivity index (χ4n) is 3.95. The number of hydrogen-bond donors (Lipinski definition) is 2. The summed E-state index contributed by atoms with van der Waals surface area (Å²) >= 11 is 0. The molecule has 0 amide bonds. The summed E-state index contributed by atoms with van der Waals surface area (Å²) < 4.78 is 10.9. The molecule has 7 nitrogen and oxygen atoms in total. The third-order valence-electron chi connectivity index (χ3n) is 5.83. The van der Waals surface area contributed by atoms with Gasteiger partial charge in [0, 0.05) is 57.4 Å². The highest BCUT2D eigenvalue weighted by molar-refractivity contribution is 5.80. The molecule has 0 aromatic carbocycles. The number of ether oxygens (including phenoxy) is 1. The molecule has 1 unspecified atom stereocenters. The number of nitrogens with one attached hydrogen (secondary N) is 2. The van der Waals surface area contributed by atoms with Crippen LogP contribution in [0.2, 0.25) is 0 Å². The van der Waals surface area contributed by atoms with E-state index in [1.807, 2.05) is 18.3 Å². The Morgan fingerprint density at radius 1 is 1.23 bits per heavy atom. The van der Waals surface area contributed by atoms with Gasteiger partial charge in [-0.3, -0.25) is 4.99 Å². The van der Waals surface area contributed by atoms with Crippen LogP contribution in [0.3, 0.4) is 0 Å². The Balaban J connectivity index is 1.29. The highest BCUT2D eigenvalue weighted by atomic mass is 16.5. The molecule has 1 atom stereocenters. The Bertz CT molecular complexity index is 776. The van der Waals surface area contributed by atoms with Crippen LogP contribution in [-0.4, -0.2) is 56.4 Å². The van der Waals surface area contributed by atoms with Crippen LogP contribution in [0.25, 0.3) is 0 Å². The number of aliphatic imine (C=N–C) groups is 1. The molecule has 2 aromatic heterocycles. The number of aryl methyl sites for hydroxylation is 1. The van der Waals surface area contributed by atoms with Gasteiger partial charge in [0.2, 0.25) is 0 Å². The van der Waals surface area contributed by atoms with Crippen LogP contribution in [0.5, 0.6) is 0 Å². The molecule has 0 spiro atoms. The van der Waals surface area contributed by atoms with Crippen LogP contribution in [-0.2, 0) is 11.2 Å². The first-order valence-electron chi connectivity index (χ1n) is 11.1. The van der Waals surface area contributed by atoms with Crippen LogP contribution in [0.1, 0.15) is 30.6 Å². The van der Waals surface area contributed by atoms with Crippen molar-refractivity contribution in [3.8, 4) is 0 Å². The Labute approximate surface area is 178 Å². The Morgan fingerprint density at radius 2 is 2.13 bits per heavy atom. The number of furan rings is 1. The minimum Gasteiger partial charge on any atom is -0.469 e. The van der Waals surface area contributed by atoms with E-state index in [2.05, 4.69) is 39.6 Å². The molecule has 0 aliphatic carbocycles. The van der Waals surface area contributed by atoms with Gasteiger partial charge in [-0.15, -0.1) is 0 Å². The Hall–Kier alpha value is -2.54. The number of pyridine rings is 1. The smallest absolute Gasteiger partial charge is 0.191 e. The monoisotopic (exact) mass is 411 g/mol. The number of hydrogen-bond acceptors (Lipinski definition) is 5. The second kappa shape index (κ2) is 10.5. The normalized spacial score (nSPS) is 20.5. The van der Waals surface area contributed by atoms with Crippen molar-refractivity contribution in [1.29, 1.82) is 0 Å². The van der Waals surface area contributed by atoms with E-state index in [4.69, 9.17) is 14.1 Å². The molecule has 2 aromatic rings. The van der Waals surface area contributed by atoms with Gasteiger partial charge >= 0.3 is 0 Å². The number of aromatic nitrogens is 1. The van der Waals surface area contributed by atoms with Gasteiger partial charge in [0.15, 0.2) is 5.96 Å². The fourth-order valence-corrected chi connectivity index (χ4v) is 3.95. The molecule has 30 heavy (non-hydrogen) atoms. The van der Waals surface area contributed by atoms with E-state index in [1.54, 1.807) is 6.26 Å². The second-order valence-electron chi connectivity index (χ2n) is 8.27. The van der Waals surface area contributed by atoms with E-state index >= 15 is 0 Å². The molecule has 0 radical (unpaired) electrons. The van der Waals surface area contributed by atoms with Crippen LogP contribution < -0.4 is 15.5 Å². The molecule has 2 aliphatic rings. The van der Waals surface area contributed by atoms with Gasteiger partial charge in [0.1, 0.15) is 11.6 Å². The topological polar surface area (TPSA) is 74.9 Å². The lowest BCUT2D eigenvalue weighted by atomic mass is 10.1. The highest BCUT2D eigenvalue weighted by Crippen LogP contribution is 2.18. The first-order valence-corrected chi connectivity index (χ1v) is 11.1. The van der Waals surface area contributed by atoms with Gasteiger partial charge in [-0.2, -0.15) is 0 Å². The summed E-state index contributed by atoms with van der Waals surface area (Å²) in [7, 11) is 0. The van der Waals surface area contributed by atoms with Crippen molar-refractivity contribution in [1.82, 2.24) is 15.6 Å². The third-order valence-corrected chi connectivity index (χ3v) is 5.83. The summed E-state index contributed by atoms with van der Waals surface area (Å²) in [4.78, 5) is 11.8. The zero-order valence-electron chi connectivity index (χ0n) is 17.8. The number of rotatable bonds is 7. The van der Waals surface area contributed by atoms with Crippen LogP contribution in [0, 0.1) is 12.8 Å². The number of guanidine groups is 1. The van der Waals surface area contributed by atoms with Crippen molar-refractivity contribution >= 4 is 11.8 Å². The predicted octanol–water partition coefficient (Wildman–Crippen LogP) is 2.77. The lowest BCUT2D eigenvalue weighted by molar-refractivity contribution is 0.187.